The van der Waals surface area contributed by atoms with Gasteiger partial charge in [-0.05, 0) is 12.8 Å². The third-order valence-corrected chi connectivity index (χ3v) is 3.65. The van der Waals surface area contributed by atoms with E-state index in [4.69, 9.17) is 5.11 Å². The summed E-state index contributed by atoms with van der Waals surface area (Å²) >= 11 is 0. The molecule has 0 amide bonds. The highest BCUT2D eigenvalue weighted by molar-refractivity contribution is 5.58. The molecule has 1 aromatic heterocycles. The van der Waals surface area contributed by atoms with Gasteiger partial charge in [0.2, 0.25) is 0 Å². The molecule has 86 valence electrons. The summed E-state index contributed by atoms with van der Waals surface area (Å²) in [6.45, 7) is 0.521. The molecule has 2 aliphatic rings. The molecule has 4 heteroatoms. The largest absolute Gasteiger partial charge is 0.494 e. The van der Waals surface area contributed by atoms with Crippen LogP contribution in [0.15, 0.2) is 12.2 Å². The second-order valence-corrected chi connectivity index (χ2v) is 4.54. The van der Waals surface area contributed by atoms with E-state index in [1.54, 1.807) is 0 Å². The maximum Gasteiger partial charge on any atom is 0.198 e. The van der Waals surface area contributed by atoms with E-state index in [1.165, 1.54) is 4.57 Å². The van der Waals surface area contributed by atoms with Gasteiger partial charge in [0, 0.05) is 36.1 Å². The van der Waals surface area contributed by atoms with Gasteiger partial charge in [-0.2, -0.15) is 0 Å². The van der Waals surface area contributed by atoms with Crippen molar-refractivity contribution >= 4 is 0 Å². The molecule has 1 heterocycles. The lowest BCUT2D eigenvalue weighted by Crippen LogP contribution is -2.00. The summed E-state index contributed by atoms with van der Waals surface area (Å²) in [4.78, 5) is 0. The molecule has 0 aromatic carbocycles. The van der Waals surface area contributed by atoms with Crippen LogP contribution in [-0.2, 0) is 6.54 Å². The Morgan fingerprint density at radius 3 is 2.19 bits per heavy atom. The monoisotopic (exact) mass is 221 g/mol. The van der Waals surface area contributed by atoms with E-state index in [0.717, 1.165) is 17.5 Å². The Bertz CT molecular complexity index is 426. The fourth-order valence-electron chi connectivity index (χ4n) is 2.93. The summed E-state index contributed by atoms with van der Waals surface area (Å²) in [5.41, 5.74) is 1.78. The summed E-state index contributed by atoms with van der Waals surface area (Å²) in [6, 6.07) is 0. The molecule has 4 nitrogen and oxygen atoms in total. The minimum absolute atomic E-state index is 0.0623. The molecule has 0 saturated carbocycles. The summed E-state index contributed by atoms with van der Waals surface area (Å²) < 4.78 is 1.51. The van der Waals surface area contributed by atoms with Crippen molar-refractivity contribution in [2.45, 2.75) is 31.2 Å². The van der Waals surface area contributed by atoms with Gasteiger partial charge in [0.05, 0.1) is 0 Å². The average molecular weight is 221 g/mol. The fourth-order valence-corrected chi connectivity index (χ4v) is 2.93. The predicted molar refractivity (Wildman–Crippen MR) is 58.7 cm³/mol. The molecule has 0 saturated heterocycles. The number of nitrogens with zero attached hydrogens (tertiary/aromatic N) is 1. The Kier molecular flexibility index (Phi) is 2.01. The van der Waals surface area contributed by atoms with Crippen molar-refractivity contribution in [3.8, 4) is 11.8 Å². The van der Waals surface area contributed by atoms with Crippen molar-refractivity contribution in [3.63, 3.8) is 0 Å². The van der Waals surface area contributed by atoms with Crippen molar-refractivity contribution in [1.29, 1.82) is 0 Å². The number of aliphatic hydroxyl groups excluding tert-OH is 1. The molecule has 3 N–H and O–H groups in total. The van der Waals surface area contributed by atoms with E-state index < -0.39 is 0 Å². The number of allylic oxidation sites excluding steroid dienone is 2. The predicted octanol–water partition coefficient (Wildman–Crippen LogP) is 1.42. The standard InChI is InChI=1S/C12H15NO3/c14-5-1-4-13-11(15)9-7-2-3-8(6-7)10(9)12(13)16/h2-3,7-8,14-16H,1,4-6H2. The minimum atomic E-state index is 0.0623. The first kappa shape index (κ1) is 9.78. The Labute approximate surface area is 93.5 Å². The Morgan fingerprint density at radius 2 is 1.69 bits per heavy atom. The molecule has 2 atom stereocenters. The van der Waals surface area contributed by atoms with Crippen molar-refractivity contribution in [2.75, 3.05) is 6.61 Å². The molecule has 3 rings (SSSR count). The number of hydrogen-bond donors (Lipinski definition) is 3. The van der Waals surface area contributed by atoms with Crippen molar-refractivity contribution < 1.29 is 15.3 Å². The summed E-state index contributed by atoms with van der Waals surface area (Å²) in [5, 5.41) is 28.9. The molecule has 0 fully saturated rings. The maximum atomic E-state index is 10.1. The lowest BCUT2D eigenvalue weighted by atomic mass is 10.0. The molecule has 2 bridgehead atoms. The van der Waals surface area contributed by atoms with Gasteiger partial charge >= 0.3 is 0 Å². The second-order valence-electron chi connectivity index (χ2n) is 4.54. The van der Waals surface area contributed by atoms with Crippen molar-refractivity contribution in [3.05, 3.63) is 23.3 Å². The van der Waals surface area contributed by atoms with E-state index in [-0.39, 0.29) is 30.2 Å². The normalized spacial score (nSPS) is 25.3. The van der Waals surface area contributed by atoms with E-state index in [2.05, 4.69) is 12.2 Å². The average Bonchev–Trinajstić information content (AvgIpc) is 2.92. The van der Waals surface area contributed by atoms with E-state index in [1.807, 2.05) is 0 Å². The highest BCUT2D eigenvalue weighted by atomic mass is 16.3. The first-order chi connectivity index (χ1) is 7.74. The molecule has 16 heavy (non-hydrogen) atoms. The maximum absolute atomic E-state index is 10.1. The summed E-state index contributed by atoms with van der Waals surface area (Å²) in [7, 11) is 0. The number of aliphatic hydroxyl groups is 1. The highest BCUT2D eigenvalue weighted by Gasteiger charge is 2.40. The number of fused-ring (bicyclic) bond motifs is 5. The fraction of sp³-hybridized carbons (Fsp3) is 0.500. The molecular weight excluding hydrogens is 206 g/mol. The van der Waals surface area contributed by atoms with Gasteiger partial charge in [-0.15, -0.1) is 0 Å². The lowest BCUT2D eigenvalue weighted by Gasteiger charge is -2.08. The molecule has 2 aliphatic carbocycles. The van der Waals surface area contributed by atoms with Gasteiger partial charge in [0.25, 0.3) is 0 Å². The quantitative estimate of drug-likeness (QED) is 0.676. The SMILES string of the molecule is OCCCn1c(O)c2c(c1O)C1C=CC2C1. The topological polar surface area (TPSA) is 65.6 Å². The van der Waals surface area contributed by atoms with Gasteiger partial charge in [0.1, 0.15) is 0 Å². The zero-order valence-corrected chi connectivity index (χ0v) is 8.93. The van der Waals surface area contributed by atoms with Crippen molar-refractivity contribution in [2.24, 2.45) is 0 Å². The molecule has 0 spiro atoms. The lowest BCUT2D eigenvalue weighted by molar-refractivity contribution is 0.270. The van der Waals surface area contributed by atoms with Gasteiger partial charge in [-0.25, -0.2) is 0 Å². The Morgan fingerprint density at radius 1 is 1.12 bits per heavy atom. The van der Waals surface area contributed by atoms with Gasteiger partial charge < -0.3 is 15.3 Å². The Balaban J connectivity index is 2.04. The van der Waals surface area contributed by atoms with Gasteiger partial charge in [-0.1, -0.05) is 12.2 Å². The van der Waals surface area contributed by atoms with E-state index in [9.17, 15) is 10.2 Å². The Hall–Kier alpha value is -1.42. The third-order valence-electron chi connectivity index (χ3n) is 3.65. The number of aromatic nitrogens is 1. The minimum Gasteiger partial charge on any atom is -0.494 e. The van der Waals surface area contributed by atoms with E-state index in [0.29, 0.717) is 13.0 Å². The van der Waals surface area contributed by atoms with Crippen LogP contribution in [0.3, 0.4) is 0 Å². The zero-order valence-electron chi connectivity index (χ0n) is 8.93. The molecular formula is C12H15NO3. The van der Waals surface area contributed by atoms with Crippen LogP contribution >= 0.6 is 0 Å². The smallest absolute Gasteiger partial charge is 0.198 e. The van der Waals surface area contributed by atoms with Crippen LogP contribution in [0.2, 0.25) is 0 Å². The van der Waals surface area contributed by atoms with Gasteiger partial charge in [-0.3, -0.25) is 4.57 Å². The first-order valence-corrected chi connectivity index (χ1v) is 5.67. The van der Waals surface area contributed by atoms with Crippen LogP contribution < -0.4 is 0 Å². The van der Waals surface area contributed by atoms with Crippen LogP contribution in [0.4, 0.5) is 0 Å². The van der Waals surface area contributed by atoms with Gasteiger partial charge in [0.15, 0.2) is 11.8 Å². The highest BCUT2D eigenvalue weighted by Crippen LogP contribution is 2.56. The van der Waals surface area contributed by atoms with Crippen LogP contribution in [0, 0.1) is 0 Å². The molecule has 2 unspecified atom stereocenters. The zero-order chi connectivity index (χ0) is 11.3. The van der Waals surface area contributed by atoms with Crippen LogP contribution in [0.25, 0.3) is 0 Å². The molecule has 0 aliphatic heterocycles. The number of hydrogen-bond acceptors (Lipinski definition) is 3. The summed E-state index contributed by atoms with van der Waals surface area (Å²) in [5.74, 6) is 0.887. The van der Waals surface area contributed by atoms with Crippen LogP contribution in [-0.4, -0.2) is 26.5 Å². The van der Waals surface area contributed by atoms with Crippen LogP contribution in [0.1, 0.15) is 35.8 Å². The first-order valence-electron chi connectivity index (χ1n) is 5.67. The van der Waals surface area contributed by atoms with E-state index >= 15 is 0 Å². The second kappa shape index (κ2) is 3.28. The summed E-state index contributed by atoms with van der Waals surface area (Å²) in [6.07, 6.45) is 5.72. The number of aromatic hydroxyl groups is 2. The van der Waals surface area contributed by atoms with Crippen LogP contribution in [0.5, 0.6) is 11.8 Å². The van der Waals surface area contributed by atoms with Crippen molar-refractivity contribution in [1.82, 2.24) is 4.57 Å². The third kappa shape index (κ3) is 1.08. The molecule has 1 aromatic rings. The number of rotatable bonds is 3. The molecule has 0 radical (unpaired) electrons.